The van der Waals surface area contributed by atoms with Gasteiger partial charge in [0.1, 0.15) is 34.9 Å². The van der Waals surface area contributed by atoms with Crippen molar-refractivity contribution in [3.05, 3.63) is 115 Å². The van der Waals surface area contributed by atoms with Crippen molar-refractivity contribution in [3.63, 3.8) is 0 Å². The summed E-state index contributed by atoms with van der Waals surface area (Å²) in [4.78, 5) is 13.0. The van der Waals surface area contributed by atoms with E-state index in [1.54, 1.807) is 10.8 Å². The molecule has 170 valence electrons. The molecule has 1 heterocycles. The highest BCUT2D eigenvalue weighted by Crippen LogP contribution is 2.58. The van der Waals surface area contributed by atoms with Crippen LogP contribution in [0.4, 0.5) is 4.79 Å². The Kier molecular flexibility index (Phi) is 8.14. The van der Waals surface area contributed by atoms with Crippen LogP contribution >= 0.6 is 7.26 Å². The van der Waals surface area contributed by atoms with Crippen LogP contribution in [-0.2, 0) is 10.9 Å². The molecule has 0 N–H and O–H groups in total. The van der Waals surface area contributed by atoms with Gasteiger partial charge in [-0.1, -0.05) is 54.6 Å². The summed E-state index contributed by atoms with van der Waals surface area (Å²) in [5.74, 6) is 0. The molecule has 5 heteroatoms. The van der Waals surface area contributed by atoms with Gasteiger partial charge in [-0.05, 0) is 69.3 Å². The van der Waals surface area contributed by atoms with Crippen LogP contribution in [0.15, 0.2) is 109 Å². The summed E-state index contributed by atoms with van der Waals surface area (Å²) in [5, 5.41) is 3.86. The SMILES string of the molecule is CC(C)(C)OC(=O)n1cccc1C[P+](c1ccccc1)(c1ccccc1)c1ccccc1.[I-]. The molecule has 0 saturated heterocycles. The second-order valence-electron chi connectivity index (χ2n) is 8.82. The van der Waals surface area contributed by atoms with E-state index in [1.165, 1.54) is 15.9 Å². The number of carbonyl (C=O) groups excluding carboxylic acids is 1. The van der Waals surface area contributed by atoms with Crippen LogP contribution in [0.1, 0.15) is 26.5 Å². The van der Waals surface area contributed by atoms with Crippen molar-refractivity contribution >= 4 is 29.3 Å². The summed E-state index contributed by atoms with van der Waals surface area (Å²) >= 11 is 0. The first-order valence-corrected chi connectivity index (χ1v) is 12.8. The Morgan fingerprint density at radius 2 is 1.15 bits per heavy atom. The van der Waals surface area contributed by atoms with Crippen molar-refractivity contribution in [2.24, 2.45) is 0 Å². The van der Waals surface area contributed by atoms with Gasteiger partial charge < -0.3 is 28.7 Å². The van der Waals surface area contributed by atoms with Gasteiger partial charge in [0.15, 0.2) is 0 Å². The summed E-state index contributed by atoms with van der Waals surface area (Å²) in [6.07, 6.45) is 2.18. The fourth-order valence-electron chi connectivity index (χ4n) is 4.05. The van der Waals surface area contributed by atoms with E-state index in [0.29, 0.717) is 0 Å². The molecule has 0 radical (unpaired) electrons. The third-order valence-electron chi connectivity index (χ3n) is 5.41. The number of hydrogen-bond donors (Lipinski definition) is 0. The van der Waals surface area contributed by atoms with Gasteiger partial charge in [-0.15, -0.1) is 0 Å². The lowest BCUT2D eigenvalue weighted by atomic mass is 10.2. The van der Waals surface area contributed by atoms with Gasteiger partial charge in [0.2, 0.25) is 0 Å². The highest BCUT2D eigenvalue weighted by atomic mass is 127. The van der Waals surface area contributed by atoms with E-state index < -0.39 is 12.9 Å². The zero-order valence-electron chi connectivity index (χ0n) is 19.2. The Hall–Kier alpha value is -2.43. The maximum atomic E-state index is 13.0. The van der Waals surface area contributed by atoms with Crippen LogP contribution in [0.3, 0.4) is 0 Å². The normalized spacial score (nSPS) is 11.5. The Morgan fingerprint density at radius 1 is 0.727 bits per heavy atom. The monoisotopic (exact) mass is 569 g/mol. The minimum absolute atomic E-state index is 0. The first-order chi connectivity index (χ1) is 15.4. The molecule has 0 unspecified atom stereocenters. The lowest BCUT2D eigenvalue weighted by molar-refractivity contribution is -0.0000279. The van der Waals surface area contributed by atoms with Gasteiger partial charge in [-0.2, -0.15) is 0 Å². The molecule has 0 fully saturated rings. The van der Waals surface area contributed by atoms with Crippen molar-refractivity contribution in [2.75, 3.05) is 0 Å². The third kappa shape index (κ3) is 5.56. The van der Waals surface area contributed by atoms with E-state index in [2.05, 4.69) is 91.0 Å². The molecular formula is C28H29INO2P. The first-order valence-electron chi connectivity index (χ1n) is 10.8. The fourth-order valence-corrected chi connectivity index (χ4v) is 8.28. The van der Waals surface area contributed by atoms with Crippen molar-refractivity contribution in [1.29, 1.82) is 0 Å². The number of nitrogens with zero attached hydrogens (tertiary/aromatic N) is 1. The second kappa shape index (κ2) is 10.7. The Morgan fingerprint density at radius 3 is 1.55 bits per heavy atom. The van der Waals surface area contributed by atoms with E-state index in [9.17, 15) is 4.79 Å². The number of halogens is 1. The van der Waals surface area contributed by atoms with Gasteiger partial charge >= 0.3 is 6.09 Å². The predicted octanol–water partition coefficient (Wildman–Crippen LogP) is 2.77. The number of carbonyl (C=O) groups is 1. The van der Waals surface area contributed by atoms with Crippen LogP contribution < -0.4 is 39.9 Å². The number of rotatable bonds is 5. The van der Waals surface area contributed by atoms with E-state index in [1.807, 2.05) is 32.9 Å². The van der Waals surface area contributed by atoms with Gasteiger partial charge in [-0.3, -0.25) is 4.57 Å². The van der Waals surface area contributed by atoms with Gasteiger partial charge in [0.05, 0.1) is 5.69 Å². The maximum Gasteiger partial charge on any atom is 0.418 e. The van der Waals surface area contributed by atoms with Crippen molar-refractivity contribution < 1.29 is 33.5 Å². The molecule has 0 amide bonds. The minimum atomic E-state index is -2.09. The molecular weight excluding hydrogens is 540 g/mol. The molecule has 0 atom stereocenters. The Bertz CT molecular complexity index is 1070. The molecule has 1 aromatic heterocycles. The average molecular weight is 569 g/mol. The minimum Gasteiger partial charge on any atom is -1.00 e. The molecule has 4 aromatic rings. The molecule has 0 bridgehead atoms. The lowest BCUT2D eigenvalue weighted by Crippen LogP contribution is -3.00. The lowest BCUT2D eigenvalue weighted by Gasteiger charge is -2.28. The average Bonchev–Trinajstić information content (AvgIpc) is 3.26. The molecule has 4 rings (SSSR count). The highest BCUT2D eigenvalue weighted by molar-refractivity contribution is 7.95. The Labute approximate surface area is 214 Å². The Balaban J connectivity index is 0.00000306. The molecule has 0 aliphatic heterocycles. The molecule has 33 heavy (non-hydrogen) atoms. The van der Waals surface area contributed by atoms with Crippen LogP contribution in [0.25, 0.3) is 0 Å². The first kappa shape index (κ1) is 25.2. The van der Waals surface area contributed by atoms with Crippen LogP contribution in [0, 0.1) is 0 Å². The summed E-state index contributed by atoms with van der Waals surface area (Å²) in [7, 11) is -2.09. The molecule has 0 spiro atoms. The summed E-state index contributed by atoms with van der Waals surface area (Å²) in [6, 6.07) is 36.0. The summed E-state index contributed by atoms with van der Waals surface area (Å²) in [5.41, 5.74) is 0.396. The fraction of sp³-hybridized carbons (Fsp3) is 0.179. The van der Waals surface area contributed by atoms with Gasteiger partial charge in [-0.25, -0.2) is 4.79 Å². The highest BCUT2D eigenvalue weighted by Gasteiger charge is 2.46. The van der Waals surface area contributed by atoms with Gasteiger partial charge in [0.25, 0.3) is 0 Å². The second-order valence-corrected chi connectivity index (χ2v) is 12.3. The molecule has 0 aliphatic rings. The molecule has 0 aliphatic carbocycles. The van der Waals surface area contributed by atoms with Crippen molar-refractivity contribution in [3.8, 4) is 0 Å². The number of benzene rings is 3. The zero-order chi connectivity index (χ0) is 22.6. The number of aromatic nitrogens is 1. The van der Waals surface area contributed by atoms with Crippen LogP contribution in [-0.4, -0.2) is 16.3 Å². The van der Waals surface area contributed by atoms with E-state index >= 15 is 0 Å². The van der Waals surface area contributed by atoms with Crippen molar-refractivity contribution in [2.45, 2.75) is 32.5 Å². The van der Waals surface area contributed by atoms with E-state index in [-0.39, 0.29) is 30.1 Å². The zero-order valence-corrected chi connectivity index (χ0v) is 22.2. The number of hydrogen-bond acceptors (Lipinski definition) is 2. The maximum absolute atomic E-state index is 13.0. The summed E-state index contributed by atoms with van der Waals surface area (Å²) in [6.45, 7) is 5.68. The molecule has 3 nitrogen and oxygen atoms in total. The molecule has 0 saturated carbocycles. The standard InChI is InChI=1S/C28H29NO2P.HI/c1-28(2,3)31-27(30)29-21-13-14-23(29)22-32(24-15-7-4-8-16-24,25-17-9-5-10-18-25)26-19-11-6-12-20-26;/h4-21H,22H2,1-3H3;1H/q+1;/p-1. The van der Waals surface area contributed by atoms with Crippen LogP contribution in [0.2, 0.25) is 0 Å². The largest absolute Gasteiger partial charge is 1.00 e. The smallest absolute Gasteiger partial charge is 0.418 e. The predicted molar refractivity (Wildman–Crippen MR) is 135 cm³/mol. The van der Waals surface area contributed by atoms with Gasteiger partial charge in [0, 0.05) is 6.20 Å². The topological polar surface area (TPSA) is 31.2 Å². The summed E-state index contributed by atoms with van der Waals surface area (Å²) < 4.78 is 7.35. The van der Waals surface area contributed by atoms with E-state index in [0.717, 1.165) is 11.9 Å². The third-order valence-corrected chi connectivity index (χ3v) is 9.75. The quantitative estimate of drug-likeness (QED) is 0.274. The number of ether oxygens (including phenoxy) is 1. The van der Waals surface area contributed by atoms with Crippen molar-refractivity contribution in [1.82, 2.24) is 4.57 Å². The van der Waals surface area contributed by atoms with E-state index in [4.69, 9.17) is 4.74 Å². The molecule has 3 aromatic carbocycles. The van der Waals surface area contributed by atoms with Crippen LogP contribution in [0.5, 0.6) is 0 Å².